The molecule has 62 heavy (non-hydrogen) atoms. The normalized spacial score (nSPS) is 22.9. The zero-order chi connectivity index (χ0) is 43.3. The number of hydrogen-bond acceptors (Lipinski definition) is 8. The number of nitrogens with zero attached hydrogens (tertiary/aromatic N) is 4. The average molecular weight is 835 g/mol. The molecule has 12 heteroatoms. The van der Waals surface area contributed by atoms with E-state index in [-0.39, 0.29) is 43.3 Å². The van der Waals surface area contributed by atoms with Gasteiger partial charge in [0.25, 0.3) is 11.8 Å². The first-order valence-corrected chi connectivity index (χ1v) is 21.5. The van der Waals surface area contributed by atoms with Gasteiger partial charge in [-0.15, -0.1) is 0 Å². The summed E-state index contributed by atoms with van der Waals surface area (Å²) in [4.78, 5) is 64.8. The van der Waals surface area contributed by atoms with Crippen LogP contribution in [-0.2, 0) is 44.9 Å². The van der Waals surface area contributed by atoms with E-state index in [0.29, 0.717) is 61.7 Å². The molecule has 0 aromatic heterocycles. The quantitative estimate of drug-likeness (QED) is 0.243. The van der Waals surface area contributed by atoms with Gasteiger partial charge in [-0.05, 0) is 67.1 Å². The average Bonchev–Trinajstić information content (AvgIpc) is 3.70. The van der Waals surface area contributed by atoms with Crippen molar-refractivity contribution in [1.29, 1.82) is 0 Å². The van der Waals surface area contributed by atoms with E-state index in [2.05, 4.69) is 23.6 Å². The number of fused-ring (bicyclic) bond motifs is 1. The van der Waals surface area contributed by atoms with E-state index in [9.17, 15) is 19.2 Å². The number of ether oxygens (including phenoxy) is 2. The number of carbonyl (C=O) groups excluding carboxylic acids is 4. The van der Waals surface area contributed by atoms with Crippen LogP contribution in [0.4, 0.5) is 0 Å². The molecule has 3 atom stereocenters. The highest BCUT2D eigenvalue weighted by Gasteiger charge is 2.52. The summed E-state index contributed by atoms with van der Waals surface area (Å²) in [6.45, 7) is 8.07. The summed E-state index contributed by atoms with van der Waals surface area (Å²) in [5.41, 5.74) is 6.06. The zero-order valence-corrected chi connectivity index (χ0v) is 36.1. The number of nitrogens with one attached hydrogen (secondary N) is 2. The minimum atomic E-state index is -0.756. The Balaban J connectivity index is 1.01. The smallest absolute Gasteiger partial charge is 0.254 e. The van der Waals surface area contributed by atoms with Gasteiger partial charge in [0.05, 0.1) is 47.1 Å². The standard InChI is InChI=1S/C50H54N6O6/c1-49(2)45-43(48(60)53(49)4)44(36-19-20-38-39(29-36)62-31-61-38)56(24-22-51-45)41(58)28-34-17-12-18-35(25-34)30-50(3)46-42(47(59)54(50)5)37(26-32-13-8-6-9-14-32)55(23-21-52-46)40(57)27-33-15-10-7-11-16-33/h6-20,25,29,37,44,51-52H,21-24,26-28,30-31H2,1-5H3. The van der Waals surface area contributed by atoms with Gasteiger partial charge in [0.1, 0.15) is 0 Å². The van der Waals surface area contributed by atoms with Gasteiger partial charge in [0, 0.05) is 58.1 Å². The van der Waals surface area contributed by atoms with Crippen molar-refractivity contribution in [3.05, 3.63) is 153 Å². The Kier molecular flexibility index (Phi) is 10.6. The van der Waals surface area contributed by atoms with E-state index in [1.165, 1.54) is 0 Å². The van der Waals surface area contributed by atoms with Crippen molar-refractivity contribution in [1.82, 2.24) is 30.2 Å². The van der Waals surface area contributed by atoms with Gasteiger partial charge in [0.2, 0.25) is 18.6 Å². The zero-order valence-electron chi connectivity index (χ0n) is 36.1. The van der Waals surface area contributed by atoms with E-state index in [0.717, 1.165) is 39.2 Å². The Bertz CT molecular complexity index is 2500. The summed E-state index contributed by atoms with van der Waals surface area (Å²) in [7, 11) is 3.65. The fourth-order valence-electron chi connectivity index (χ4n) is 10.0. The third-order valence-electron chi connectivity index (χ3n) is 13.7. The second-order valence-electron chi connectivity index (χ2n) is 17.7. The topological polar surface area (TPSA) is 124 Å². The molecule has 5 heterocycles. The van der Waals surface area contributed by atoms with Crippen LogP contribution in [0.15, 0.2) is 126 Å². The highest BCUT2D eigenvalue weighted by molar-refractivity contribution is 6.01. The van der Waals surface area contributed by atoms with Gasteiger partial charge in [-0.2, -0.15) is 0 Å². The monoisotopic (exact) mass is 834 g/mol. The number of likely N-dealkylation sites (N-methyl/N-ethyl adjacent to an activating group) is 2. The number of rotatable bonds is 9. The maximum Gasteiger partial charge on any atom is 0.254 e. The van der Waals surface area contributed by atoms with Crippen LogP contribution in [0.2, 0.25) is 0 Å². The molecule has 0 saturated heterocycles. The van der Waals surface area contributed by atoms with Crippen LogP contribution >= 0.6 is 0 Å². The molecule has 2 N–H and O–H groups in total. The lowest BCUT2D eigenvalue weighted by atomic mass is 9.86. The minimum Gasteiger partial charge on any atom is -0.454 e. The molecular formula is C50H54N6O6. The number of amides is 4. The fraction of sp³-hybridized carbons (Fsp3) is 0.360. The van der Waals surface area contributed by atoms with E-state index in [1.54, 1.807) is 11.9 Å². The highest BCUT2D eigenvalue weighted by atomic mass is 16.7. The highest BCUT2D eigenvalue weighted by Crippen LogP contribution is 2.45. The molecule has 4 aromatic carbocycles. The SMILES string of the molecule is CN1C(=O)C2=C(NCCN(C(=O)Cc3cccc(CC4(C)C5=C(C(=O)N4C)C(Cc4ccccc4)N(C(=O)Cc4ccccc4)CCN5)c3)C2c2ccc3c(c2)OCO3)C1(C)C. The molecule has 9 rings (SSSR count). The lowest BCUT2D eigenvalue weighted by Crippen LogP contribution is -2.50. The molecule has 3 unspecified atom stereocenters. The third-order valence-corrected chi connectivity index (χ3v) is 13.7. The maximum absolute atomic E-state index is 14.7. The van der Waals surface area contributed by atoms with Gasteiger partial charge in [-0.1, -0.05) is 91.0 Å². The predicted molar refractivity (Wildman–Crippen MR) is 235 cm³/mol. The molecule has 4 amide bonds. The minimum absolute atomic E-state index is 0.0180. The molecule has 0 aliphatic carbocycles. The summed E-state index contributed by atoms with van der Waals surface area (Å²) < 4.78 is 11.4. The van der Waals surface area contributed by atoms with E-state index in [1.807, 2.05) is 133 Å². The van der Waals surface area contributed by atoms with Crippen LogP contribution < -0.4 is 20.1 Å². The Labute approximate surface area is 363 Å². The lowest BCUT2D eigenvalue weighted by Gasteiger charge is -2.36. The fourth-order valence-corrected chi connectivity index (χ4v) is 10.0. The Hall–Kier alpha value is -6.56. The first-order chi connectivity index (χ1) is 29.8. The van der Waals surface area contributed by atoms with Crippen LogP contribution in [0.25, 0.3) is 0 Å². The molecule has 12 nitrogen and oxygen atoms in total. The lowest BCUT2D eigenvalue weighted by molar-refractivity contribution is -0.134. The van der Waals surface area contributed by atoms with Gasteiger partial charge >= 0.3 is 0 Å². The number of benzene rings is 4. The third kappa shape index (κ3) is 7.14. The molecule has 0 saturated carbocycles. The van der Waals surface area contributed by atoms with Gasteiger partial charge in [-0.25, -0.2) is 0 Å². The summed E-state index contributed by atoms with van der Waals surface area (Å²) >= 11 is 0. The number of carbonyl (C=O) groups is 4. The number of hydrogen-bond donors (Lipinski definition) is 2. The first kappa shape index (κ1) is 40.8. The molecule has 5 aliphatic heterocycles. The van der Waals surface area contributed by atoms with Crippen molar-refractivity contribution in [2.24, 2.45) is 0 Å². The summed E-state index contributed by atoms with van der Waals surface area (Å²) in [5, 5.41) is 7.17. The van der Waals surface area contributed by atoms with Gasteiger partial charge < -0.3 is 39.7 Å². The summed E-state index contributed by atoms with van der Waals surface area (Å²) in [6, 6.07) is 32.4. The largest absolute Gasteiger partial charge is 0.454 e. The van der Waals surface area contributed by atoms with Crippen molar-refractivity contribution in [3.8, 4) is 11.5 Å². The van der Waals surface area contributed by atoms with E-state index >= 15 is 0 Å². The Morgan fingerprint density at radius 3 is 1.98 bits per heavy atom. The van der Waals surface area contributed by atoms with Crippen molar-refractivity contribution in [2.45, 2.75) is 69.6 Å². The van der Waals surface area contributed by atoms with Crippen molar-refractivity contribution in [3.63, 3.8) is 0 Å². The van der Waals surface area contributed by atoms with Crippen LogP contribution in [0.5, 0.6) is 11.5 Å². The molecule has 320 valence electrons. The van der Waals surface area contributed by atoms with Gasteiger partial charge in [-0.3, -0.25) is 19.2 Å². The van der Waals surface area contributed by atoms with E-state index in [4.69, 9.17) is 9.47 Å². The molecule has 0 fully saturated rings. The Morgan fingerprint density at radius 1 is 0.645 bits per heavy atom. The van der Waals surface area contributed by atoms with Crippen molar-refractivity contribution in [2.75, 3.05) is 47.1 Å². The van der Waals surface area contributed by atoms with Crippen LogP contribution in [0.1, 0.15) is 54.6 Å². The molecule has 4 aromatic rings. The molecule has 0 spiro atoms. The van der Waals surface area contributed by atoms with Crippen LogP contribution in [0, 0.1) is 0 Å². The summed E-state index contributed by atoms with van der Waals surface area (Å²) in [5.74, 6) is 0.860. The predicted octanol–water partition coefficient (Wildman–Crippen LogP) is 4.95. The Morgan fingerprint density at radius 2 is 1.24 bits per heavy atom. The van der Waals surface area contributed by atoms with Crippen molar-refractivity contribution >= 4 is 23.6 Å². The second-order valence-corrected chi connectivity index (χ2v) is 17.7. The molecule has 0 radical (unpaired) electrons. The van der Waals surface area contributed by atoms with Crippen LogP contribution in [0.3, 0.4) is 0 Å². The maximum atomic E-state index is 14.7. The molecular weight excluding hydrogens is 781 g/mol. The van der Waals surface area contributed by atoms with E-state index < -0.39 is 23.2 Å². The molecule has 5 aliphatic rings. The van der Waals surface area contributed by atoms with Crippen LogP contribution in [-0.4, -0.2) is 107 Å². The summed E-state index contributed by atoms with van der Waals surface area (Å²) in [6.07, 6.45) is 1.35. The molecule has 0 bridgehead atoms. The van der Waals surface area contributed by atoms with Crippen molar-refractivity contribution < 1.29 is 28.7 Å². The second kappa shape index (κ2) is 16.0. The van der Waals surface area contributed by atoms with Gasteiger partial charge in [0.15, 0.2) is 11.5 Å². The first-order valence-electron chi connectivity index (χ1n) is 21.5.